The number of rotatable bonds is 3. The number of fused-ring (bicyclic) bond motifs is 1. The third kappa shape index (κ3) is 3.29. The van der Waals surface area contributed by atoms with Gasteiger partial charge < -0.3 is 9.73 Å². The first-order chi connectivity index (χ1) is 10.3. The van der Waals surface area contributed by atoms with Crippen LogP contribution in [0.1, 0.15) is 56.7 Å². The minimum atomic E-state index is -0.207. The predicted molar refractivity (Wildman–Crippen MR) is 83.8 cm³/mol. The summed E-state index contributed by atoms with van der Waals surface area (Å²) in [5.41, 5.74) is 0.775. The number of benzene rings is 1. The van der Waals surface area contributed by atoms with Crippen LogP contribution in [0.2, 0.25) is 0 Å². The topological polar surface area (TPSA) is 25.2 Å². The quantitative estimate of drug-likeness (QED) is 0.841. The highest BCUT2D eigenvalue weighted by molar-refractivity contribution is 5.78. The van der Waals surface area contributed by atoms with Crippen LogP contribution in [0.5, 0.6) is 0 Å². The molecule has 1 fully saturated rings. The lowest BCUT2D eigenvalue weighted by atomic mass is 9.85. The maximum Gasteiger partial charge on any atom is 0.134 e. The molecule has 1 aliphatic rings. The highest BCUT2D eigenvalue weighted by Crippen LogP contribution is 2.35. The first-order valence-electron chi connectivity index (χ1n) is 8.14. The van der Waals surface area contributed by atoms with Crippen LogP contribution < -0.4 is 5.32 Å². The Morgan fingerprint density at radius 1 is 1.10 bits per heavy atom. The van der Waals surface area contributed by atoms with Crippen LogP contribution in [-0.4, -0.2) is 7.05 Å². The van der Waals surface area contributed by atoms with Crippen LogP contribution in [0.3, 0.4) is 0 Å². The van der Waals surface area contributed by atoms with Crippen molar-refractivity contribution in [3.63, 3.8) is 0 Å². The van der Waals surface area contributed by atoms with Gasteiger partial charge in [-0.1, -0.05) is 32.1 Å². The van der Waals surface area contributed by atoms with Crippen molar-refractivity contribution in [3.05, 3.63) is 35.8 Å². The molecule has 114 valence electrons. The standard InChI is InChI=1S/C18H24FNO/c1-20-18(13-7-5-3-2-4-6-8-13)17-12-14-11-15(19)9-10-16(14)21-17/h9-13,18,20H,2-8H2,1H3. The van der Waals surface area contributed by atoms with E-state index in [0.717, 1.165) is 16.7 Å². The molecule has 1 atom stereocenters. The molecule has 1 aromatic heterocycles. The molecular weight excluding hydrogens is 265 g/mol. The number of hydrogen-bond acceptors (Lipinski definition) is 2. The van der Waals surface area contributed by atoms with Crippen molar-refractivity contribution in [2.75, 3.05) is 7.05 Å². The van der Waals surface area contributed by atoms with Crippen LogP contribution in [0.4, 0.5) is 4.39 Å². The van der Waals surface area contributed by atoms with Gasteiger partial charge in [0.15, 0.2) is 0 Å². The lowest BCUT2D eigenvalue weighted by Crippen LogP contribution is -2.25. The summed E-state index contributed by atoms with van der Waals surface area (Å²) in [6.07, 6.45) is 9.17. The highest BCUT2D eigenvalue weighted by Gasteiger charge is 2.25. The Labute approximate surface area is 125 Å². The van der Waals surface area contributed by atoms with Gasteiger partial charge in [0, 0.05) is 5.39 Å². The second kappa shape index (κ2) is 6.61. The first-order valence-corrected chi connectivity index (χ1v) is 8.14. The second-order valence-electron chi connectivity index (χ2n) is 6.20. The Kier molecular flexibility index (Phi) is 4.59. The summed E-state index contributed by atoms with van der Waals surface area (Å²) >= 11 is 0. The number of hydrogen-bond donors (Lipinski definition) is 1. The zero-order valence-corrected chi connectivity index (χ0v) is 12.7. The number of halogens is 1. The smallest absolute Gasteiger partial charge is 0.134 e. The van der Waals surface area contributed by atoms with Crippen LogP contribution in [-0.2, 0) is 0 Å². The van der Waals surface area contributed by atoms with Gasteiger partial charge in [-0.3, -0.25) is 0 Å². The van der Waals surface area contributed by atoms with Crippen LogP contribution in [0, 0.1) is 11.7 Å². The van der Waals surface area contributed by atoms with Crippen LogP contribution >= 0.6 is 0 Å². The fraction of sp³-hybridized carbons (Fsp3) is 0.556. The molecule has 2 aromatic rings. The molecule has 2 nitrogen and oxygen atoms in total. The van der Waals surface area contributed by atoms with Gasteiger partial charge in [0.2, 0.25) is 0 Å². The van der Waals surface area contributed by atoms with Gasteiger partial charge in [-0.2, -0.15) is 0 Å². The van der Waals surface area contributed by atoms with Gasteiger partial charge in [0.25, 0.3) is 0 Å². The molecule has 1 aromatic carbocycles. The van der Waals surface area contributed by atoms with Gasteiger partial charge in [-0.05, 0) is 50.1 Å². The van der Waals surface area contributed by atoms with Gasteiger partial charge in [0.1, 0.15) is 17.2 Å². The third-order valence-corrected chi connectivity index (χ3v) is 4.74. The van der Waals surface area contributed by atoms with Crippen molar-refractivity contribution in [2.24, 2.45) is 5.92 Å². The lowest BCUT2D eigenvalue weighted by Gasteiger charge is -2.27. The van der Waals surface area contributed by atoms with Gasteiger partial charge in [-0.25, -0.2) is 4.39 Å². The monoisotopic (exact) mass is 289 g/mol. The Bertz CT molecular complexity index is 584. The summed E-state index contributed by atoms with van der Waals surface area (Å²) in [5, 5.41) is 4.28. The summed E-state index contributed by atoms with van der Waals surface area (Å²) in [6, 6.07) is 6.96. The third-order valence-electron chi connectivity index (χ3n) is 4.74. The maximum atomic E-state index is 13.3. The van der Waals surface area contributed by atoms with Crippen molar-refractivity contribution < 1.29 is 8.81 Å². The zero-order chi connectivity index (χ0) is 14.7. The van der Waals surface area contributed by atoms with E-state index < -0.39 is 0 Å². The lowest BCUT2D eigenvalue weighted by molar-refractivity contribution is 0.272. The molecule has 0 radical (unpaired) electrons. The average molecular weight is 289 g/mol. The Hall–Kier alpha value is -1.35. The van der Waals surface area contributed by atoms with E-state index in [1.54, 1.807) is 12.1 Å². The summed E-state index contributed by atoms with van der Waals surface area (Å²) in [6.45, 7) is 0. The summed E-state index contributed by atoms with van der Waals surface area (Å²) < 4.78 is 19.3. The Balaban J connectivity index is 1.85. The van der Waals surface area contributed by atoms with E-state index in [1.165, 1.54) is 51.0 Å². The molecule has 0 spiro atoms. The largest absolute Gasteiger partial charge is 0.459 e. The fourth-order valence-electron chi connectivity index (χ4n) is 3.62. The van der Waals surface area contributed by atoms with E-state index in [1.807, 2.05) is 13.1 Å². The molecule has 1 heterocycles. The summed E-state index contributed by atoms with van der Waals surface area (Å²) in [7, 11) is 2.00. The number of furan rings is 1. The van der Waals surface area contributed by atoms with E-state index in [9.17, 15) is 4.39 Å². The minimum Gasteiger partial charge on any atom is -0.459 e. The van der Waals surface area contributed by atoms with Crippen molar-refractivity contribution in [2.45, 2.75) is 51.0 Å². The molecule has 0 amide bonds. The average Bonchev–Trinajstić information content (AvgIpc) is 2.84. The molecule has 3 heteroatoms. The number of nitrogens with one attached hydrogen (secondary N) is 1. The molecule has 0 saturated heterocycles. The fourth-order valence-corrected chi connectivity index (χ4v) is 3.62. The SMILES string of the molecule is CNC(c1cc2cc(F)ccc2o1)C1CCCCCCC1. The van der Waals surface area contributed by atoms with Crippen LogP contribution in [0.15, 0.2) is 28.7 Å². The first kappa shape index (κ1) is 14.6. The van der Waals surface area contributed by atoms with E-state index in [4.69, 9.17) is 4.42 Å². The summed E-state index contributed by atoms with van der Waals surface area (Å²) in [5.74, 6) is 1.35. The van der Waals surface area contributed by atoms with Gasteiger partial charge in [0.05, 0.1) is 6.04 Å². The minimum absolute atomic E-state index is 0.207. The Morgan fingerprint density at radius 2 is 1.81 bits per heavy atom. The molecule has 1 N–H and O–H groups in total. The van der Waals surface area contributed by atoms with Crippen molar-refractivity contribution in [3.8, 4) is 0 Å². The summed E-state index contributed by atoms with van der Waals surface area (Å²) in [4.78, 5) is 0. The molecular formula is C18H24FNO. The molecule has 21 heavy (non-hydrogen) atoms. The molecule has 0 aliphatic heterocycles. The van der Waals surface area contributed by atoms with Gasteiger partial charge in [-0.15, -0.1) is 0 Å². The van der Waals surface area contributed by atoms with E-state index >= 15 is 0 Å². The van der Waals surface area contributed by atoms with Crippen molar-refractivity contribution >= 4 is 11.0 Å². The molecule has 1 aliphatic carbocycles. The normalized spacial score (nSPS) is 19.3. The van der Waals surface area contributed by atoms with E-state index in [-0.39, 0.29) is 11.9 Å². The van der Waals surface area contributed by atoms with Crippen LogP contribution in [0.25, 0.3) is 11.0 Å². The molecule has 1 unspecified atom stereocenters. The Morgan fingerprint density at radius 3 is 2.52 bits per heavy atom. The zero-order valence-electron chi connectivity index (χ0n) is 12.7. The van der Waals surface area contributed by atoms with E-state index in [2.05, 4.69) is 5.32 Å². The highest BCUT2D eigenvalue weighted by atomic mass is 19.1. The molecule has 0 bridgehead atoms. The van der Waals surface area contributed by atoms with E-state index in [0.29, 0.717) is 5.92 Å². The van der Waals surface area contributed by atoms with Gasteiger partial charge >= 0.3 is 0 Å². The van der Waals surface area contributed by atoms with Crippen molar-refractivity contribution in [1.29, 1.82) is 0 Å². The second-order valence-corrected chi connectivity index (χ2v) is 6.20. The molecule has 1 saturated carbocycles. The van der Waals surface area contributed by atoms with Crippen molar-refractivity contribution in [1.82, 2.24) is 5.32 Å². The maximum absolute atomic E-state index is 13.3. The molecule has 3 rings (SSSR count). The predicted octanol–water partition coefficient (Wildman–Crippen LogP) is 5.19.